The van der Waals surface area contributed by atoms with Gasteiger partial charge < -0.3 is 10.4 Å². The van der Waals surface area contributed by atoms with Gasteiger partial charge in [0.05, 0.1) is 18.5 Å². The Kier molecular flexibility index (Phi) is 5.16. The van der Waals surface area contributed by atoms with E-state index in [1.807, 2.05) is 25.5 Å². The van der Waals surface area contributed by atoms with E-state index in [0.717, 1.165) is 23.5 Å². The summed E-state index contributed by atoms with van der Waals surface area (Å²) >= 11 is 0. The summed E-state index contributed by atoms with van der Waals surface area (Å²) in [4.78, 5) is 23.2. The highest BCUT2D eigenvalue weighted by atomic mass is 16.4. The standard InChI is InChI=1S/C17H21N3O3/c1-4-20-12(3)14(11(2)19-20)10-16(21)18-15-8-6-5-7-13(15)9-17(22)23/h5-8H,4,9-10H2,1-3H3,(H,18,21)(H,22,23). The molecule has 0 aliphatic rings. The molecule has 0 unspecified atom stereocenters. The molecule has 0 radical (unpaired) electrons. The van der Waals surface area contributed by atoms with Crippen molar-refractivity contribution in [1.29, 1.82) is 0 Å². The molecule has 0 saturated heterocycles. The third-order valence-corrected chi connectivity index (χ3v) is 3.80. The van der Waals surface area contributed by atoms with Gasteiger partial charge in [0.1, 0.15) is 0 Å². The van der Waals surface area contributed by atoms with Crippen molar-refractivity contribution in [2.24, 2.45) is 0 Å². The number of anilines is 1. The summed E-state index contributed by atoms with van der Waals surface area (Å²) in [5, 5.41) is 16.2. The third-order valence-electron chi connectivity index (χ3n) is 3.80. The Bertz CT molecular complexity index is 735. The smallest absolute Gasteiger partial charge is 0.307 e. The third kappa shape index (κ3) is 3.97. The zero-order valence-corrected chi connectivity index (χ0v) is 13.6. The maximum absolute atomic E-state index is 12.3. The molecule has 122 valence electrons. The fourth-order valence-corrected chi connectivity index (χ4v) is 2.61. The van der Waals surface area contributed by atoms with Crippen LogP contribution in [0, 0.1) is 13.8 Å². The van der Waals surface area contributed by atoms with Crippen LogP contribution in [-0.2, 0) is 29.0 Å². The predicted molar refractivity (Wildman–Crippen MR) is 87.5 cm³/mol. The molecule has 2 N–H and O–H groups in total. The van der Waals surface area contributed by atoms with Gasteiger partial charge in [-0.25, -0.2) is 0 Å². The summed E-state index contributed by atoms with van der Waals surface area (Å²) in [6, 6.07) is 6.95. The molecule has 0 bridgehead atoms. The van der Waals surface area contributed by atoms with E-state index < -0.39 is 5.97 Å². The van der Waals surface area contributed by atoms with Gasteiger partial charge >= 0.3 is 5.97 Å². The molecule has 6 heteroatoms. The summed E-state index contributed by atoms with van der Waals surface area (Å²) in [6.45, 7) is 6.60. The summed E-state index contributed by atoms with van der Waals surface area (Å²) < 4.78 is 1.87. The number of para-hydroxylation sites is 1. The molecule has 2 aromatic rings. The molecule has 1 amide bonds. The van der Waals surface area contributed by atoms with Gasteiger partial charge in [-0.1, -0.05) is 18.2 Å². The number of rotatable bonds is 6. The number of nitrogens with one attached hydrogen (secondary N) is 1. The van der Waals surface area contributed by atoms with E-state index in [1.54, 1.807) is 24.3 Å². The largest absolute Gasteiger partial charge is 0.481 e. The second-order valence-electron chi connectivity index (χ2n) is 5.42. The number of amides is 1. The molecule has 1 aromatic heterocycles. The number of hydrogen-bond acceptors (Lipinski definition) is 3. The van der Waals surface area contributed by atoms with Crippen LogP contribution in [0.5, 0.6) is 0 Å². The Balaban J connectivity index is 2.15. The zero-order valence-electron chi connectivity index (χ0n) is 13.6. The van der Waals surface area contributed by atoms with Crippen LogP contribution in [0.3, 0.4) is 0 Å². The first kappa shape index (κ1) is 16.7. The molecular formula is C17H21N3O3. The topological polar surface area (TPSA) is 84.2 Å². The van der Waals surface area contributed by atoms with E-state index >= 15 is 0 Å². The molecule has 2 rings (SSSR count). The molecule has 0 fully saturated rings. The number of nitrogens with zero attached hydrogens (tertiary/aromatic N) is 2. The Morgan fingerprint density at radius 1 is 1.22 bits per heavy atom. The van der Waals surface area contributed by atoms with Gasteiger partial charge in [-0.2, -0.15) is 5.10 Å². The first-order valence-electron chi connectivity index (χ1n) is 7.54. The number of hydrogen-bond donors (Lipinski definition) is 2. The lowest BCUT2D eigenvalue weighted by Gasteiger charge is -2.10. The van der Waals surface area contributed by atoms with Crippen molar-refractivity contribution in [3.8, 4) is 0 Å². The molecule has 0 aliphatic carbocycles. The molecule has 0 atom stereocenters. The minimum absolute atomic E-state index is 0.123. The van der Waals surface area contributed by atoms with Crippen LogP contribution < -0.4 is 5.32 Å². The lowest BCUT2D eigenvalue weighted by Crippen LogP contribution is -2.17. The fraction of sp³-hybridized carbons (Fsp3) is 0.353. The number of carboxylic acid groups (broad SMARTS) is 1. The number of aryl methyl sites for hydroxylation is 2. The lowest BCUT2D eigenvalue weighted by atomic mass is 10.1. The number of carbonyl (C=O) groups is 2. The molecule has 0 aliphatic heterocycles. The van der Waals surface area contributed by atoms with Crippen LogP contribution >= 0.6 is 0 Å². The highest BCUT2D eigenvalue weighted by Crippen LogP contribution is 2.18. The summed E-state index contributed by atoms with van der Waals surface area (Å²) in [6.07, 6.45) is 0.0986. The van der Waals surface area contributed by atoms with Gasteiger partial charge in [-0.3, -0.25) is 14.3 Å². The van der Waals surface area contributed by atoms with E-state index in [4.69, 9.17) is 5.11 Å². The van der Waals surface area contributed by atoms with Gasteiger partial charge in [0, 0.05) is 23.5 Å². The van der Waals surface area contributed by atoms with Crippen LogP contribution in [0.2, 0.25) is 0 Å². The van der Waals surface area contributed by atoms with Gasteiger partial charge in [-0.05, 0) is 32.4 Å². The molecule has 0 spiro atoms. The fourth-order valence-electron chi connectivity index (χ4n) is 2.61. The zero-order chi connectivity index (χ0) is 17.0. The average Bonchev–Trinajstić information content (AvgIpc) is 2.76. The predicted octanol–water partition coefficient (Wildman–Crippen LogP) is 2.33. The monoisotopic (exact) mass is 315 g/mol. The van der Waals surface area contributed by atoms with E-state index in [0.29, 0.717) is 11.3 Å². The highest BCUT2D eigenvalue weighted by molar-refractivity contribution is 5.93. The summed E-state index contributed by atoms with van der Waals surface area (Å²) in [5.41, 5.74) is 3.88. The van der Waals surface area contributed by atoms with Crippen molar-refractivity contribution in [3.05, 3.63) is 46.8 Å². The van der Waals surface area contributed by atoms with Crippen LogP contribution in [0.25, 0.3) is 0 Å². The van der Waals surface area contributed by atoms with Crippen molar-refractivity contribution < 1.29 is 14.7 Å². The minimum atomic E-state index is -0.928. The Hall–Kier alpha value is -2.63. The van der Waals surface area contributed by atoms with Crippen molar-refractivity contribution >= 4 is 17.6 Å². The molecule has 1 aromatic carbocycles. The van der Waals surface area contributed by atoms with E-state index in [9.17, 15) is 9.59 Å². The van der Waals surface area contributed by atoms with Gasteiger partial charge in [0.25, 0.3) is 0 Å². The van der Waals surface area contributed by atoms with Crippen molar-refractivity contribution in [1.82, 2.24) is 9.78 Å². The number of aliphatic carboxylic acids is 1. The lowest BCUT2D eigenvalue weighted by molar-refractivity contribution is -0.136. The Morgan fingerprint density at radius 2 is 1.91 bits per heavy atom. The Morgan fingerprint density at radius 3 is 2.52 bits per heavy atom. The molecular weight excluding hydrogens is 294 g/mol. The van der Waals surface area contributed by atoms with Crippen LogP contribution in [0.15, 0.2) is 24.3 Å². The number of benzene rings is 1. The normalized spacial score (nSPS) is 10.6. The first-order valence-corrected chi connectivity index (χ1v) is 7.54. The van der Waals surface area contributed by atoms with Crippen molar-refractivity contribution in [2.45, 2.75) is 40.2 Å². The van der Waals surface area contributed by atoms with Crippen LogP contribution in [-0.4, -0.2) is 26.8 Å². The molecule has 1 heterocycles. The molecule has 6 nitrogen and oxygen atoms in total. The van der Waals surface area contributed by atoms with Gasteiger partial charge in [0.15, 0.2) is 0 Å². The molecule has 23 heavy (non-hydrogen) atoms. The SMILES string of the molecule is CCn1nc(C)c(CC(=O)Nc2ccccc2CC(=O)O)c1C. The maximum Gasteiger partial charge on any atom is 0.307 e. The summed E-state index contributed by atoms with van der Waals surface area (Å²) in [7, 11) is 0. The molecule has 0 saturated carbocycles. The van der Waals surface area contributed by atoms with Gasteiger partial charge in [0.2, 0.25) is 5.91 Å². The first-order chi connectivity index (χ1) is 10.9. The van der Waals surface area contributed by atoms with Crippen LogP contribution in [0.4, 0.5) is 5.69 Å². The quantitative estimate of drug-likeness (QED) is 0.857. The van der Waals surface area contributed by atoms with Gasteiger partial charge in [-0.15, -0.1) is 0 Å². The van der Waals surface area contributed by atoms with E-state index in [2.05, 4.69) is 10.4 Å². The Labute approximate surface area is 135 Å². The van der Waals surface area contributed by atoms with E-state index in [-0.39, 0.29) is 18.7 Å². The van der Waals surface area contributed by atoms with E-state index in [1.165, 1.54) is 0 Å². The second-order valence-corrected chi connectivity index (χ2v) is 5.42. The highest BCUT2D eigenvalue weighted by Gasteiger charge is 2.15. The summed E-state index contributed by atoms with van der Waals surface area (Å²) in [5.74, 6) is -1.10. The van der Waals surface area contributed by atoms with Crippen LogP contribution in [0.1, 0.15) is 29.4 Å². The average molecular weight is 315 g/mol. The number of carboxylic acids is 1. The minimum Gasteiger partial charge on any atom is -0.481 e. The number of carbonyl (C=O) groups excluding carboxylic acids is 1. The van der Waals surface area contributed by atoms with Crippen molar-refractivity contribution in [3.63, 3.8) is 0 Å². The second kappa shape index (κ2) is 7.09. The maximum atomic E-state index is 12.3. The van der Waals surface area contributed by atoms with Crippen molar-refractivity contribution in [2.75, 3.05) is 5.32 Å². The number of aromatic nitrogens is 2.